The zero-order valence-corrected chi connectivity index (χ0v) is 23.9. The fourth-order valence-corrected chi connectivity index (χ4v) is 4.90. The number of rotatable bonds is 22. The second-order valence-electron chi connectivity index (χ2n) is 8.72. The average molecular weight is 517 g/mol. The Labute approximate surface area is 231 Å². The van der Waals surface area contributed by atoms with Gasteiger partial charge in [-0.05, 0) is 38.5 Å². The third-order valence-corrected chi connectivity index (χ3v) is 7.20. The Morgan fingerprint density at radius 1 is 0.758 bits per heavy atom. The molecule has 0 N–H and O–H groups in total. The summed E-state index contributed by atoms with van der Waals surface area (Å²) in [6.45, 7) is 3.81. The largest absolute Gasteiger partial charge is 2.00 e. The summed E-state index contributed by atoms with van der Waals surface area (Å²) in [4.78, 5) is 22.7. The van der Waals surface area contributed by atoms with Gasteiger partial charge in [0.1, 0.15) is 16.2 Å². The summed E-state index contributed by atoms with van der Waals surface area (Å²) in [6.07, 6.45) is 13.4. The molecule has 0 aromatic rings. The summed E-state index contributed by atoms with van der Waals surface area (Å²) in [5.41, 5.74) is 0. The average Bonchev–Trinajstić information content (AvgIpc) is 2.70. The summed E-state index contributed by atoms with van der Waals surface area (Å²) in [5, 5.41) is 9.18. The number of hydrogen-bond acceptors (Lipinski definition) is 7. The molecule has 0 heterocycles. The number of carbonyl (C=O) groups excluding carboxylic acids is 2. The van der Waals surface area contributed by atoms with Gasteiger partial charge in [0.2, 0.25) is 0 Å². The predicted octanol–water partition coefficient (Wildman–Crippen LogP) is 4.24. The van der Waals surface area contributed by atoms with Crippen LogP contribution in [0, 0.1) is 0 Å². The van der Waals surface area contributed by atoms with Crippen LogP contribution in [0.25, 0.3) is 0 Å². The van der Waals surface area contributed by atoms with Crippen LogP contribution in [-0.2, 0) is 24.4 Å². The molecule has 0 radical (unpaired) electrons. The minimum atomic E-state index is -4.56. The Bertz CT molecular complexity index is 596. The summed E-state index contributed by atoms with van der Waals surface area (Å²) in [5.74, 6) is -1.50. The molecule has 7 nitrogen and oxygen atoms in total. The van der Waals surface area contributed by atoms with Gasteiger partial charge in [0.25, 0.3) is 0 Å². The Morgan fingerprint density at radius 3 is 1.67 bits per heavy atom. The van der Waals surface area contributed by atoms with E-state index in [2.05, 4.69) is 6.92 Å². The number of carboxylic acid groups (broad SMARTS) is 1. The van der Waals surface area contributed by atoms with Gasteiger partial charge in [-0.1, -0.05) is 84.5 Å². The van der Waals surface area contributed by atoms with Crippen molar-refractivity contribution in [1.29, 1.82) is 0 Å². The summed E-state index contributed by atoms with van der Waals surface area (Å²) in [7, 11) is -4.56. The molecule has 190 valence electrons. The van der Waals surface area contributed by atoms with E-state index in [-0.39, 0.29) is 57.0 Å². The molecular weight excluding hydrogens is 472 g/mol. The van der Waals surface area contributed by atoms with E-state index in [9.17, 15) is 27.7 Å². The van der Waals surface area contributed by atoms with E-state index in [4.69, 9.17) is 4.74 Å². The van der Waals surface area contributed by atoms with Crippen molar-refractivity contribution in [2.24, 2.45) is 0 Å². The summed E-state index contributed by atoms with van der Waals surface area (Å²) >= 11 is 0. The van der Waals surface area contributed by atoms with Gasteiger partial charge in [-0.25, -0.2) is 8.42 Å². The first-order valence-corrected chi connectivity index (χ1v) is 14.0. The van der Waals surface area contributed by atoms with Gasteiger partial charge in [0.05, 0.1) is 5.25 Å². The molecule has 0 spiro atoms. The molecule has 0 bridgehead atoms. The molecule has 0 aliphatic rings. The molecule has 0 saturated heterocycles. The molecule has 9 heteroatoms. The van der Waals surface area contributed by atoms with E-state index in [1.807, 2.05) is 0 Å². The predicted molar refractivity (Wildman–Crippen MR) is 129 cm³/mol. The molecular formula is C24H44CaO7S. The van der Waals surface area contributed by atoms with Crippen molar-refractivity contribution in [2.75, 3.05) is 0 Å². The van der Waals surface area contributed by atoms with E-state index in [0.717, 1.165) is 38.5 Å². The fourth-order valence-electron chi connectivity index (χ4n) is 3.93. The van der Waals surface area contributed by atoms with E-state index < -0.39 is 33.4 Å². The first kappa shape index (κ1) is 35.3. The van der Waals surface area contributed by atoms with E-state index >= 15 is 0 Å². The van der Waals surface area contributed by atoms with Crippen molar-refractivity contribution in [1.82, 2.24) is 0 Å². The number of hydrogen-bond donors (Lipinski definition) is 0. The van der Waals surface area contributed by atoms with Crippen molar-refractivity contribution in [2.45, 2.75) is 141 Å². The van der Waals surface area contributed by atoms with Crippen LogP contribution in [0.1, 0.15) is 129 Å². The standard InChI is InChI=1S/C24H46O7S.Ca/c1-3-5-6-7-8-9-10-14-17-20-24(27)31-21(22(4-2)32(28,29)30)18-15-12-11-13-16-19-23(25)26;/h21-22H,3-20H2,1-2H3,(H,25,26)(H,28,29,30);/q;+2/p-2. The monoisotopic (exact) mass is 516 g/mol. The second kappa shape index (κ2) is 22.6. The molecule has 0 saturated carbocycles. The topological polar surface area (TPSA) is 124 Å². The van der Waals surface area contributed by atoms with Crippen LogP contribution in [0.2, 0.25) is 0 Å². The van der Waals surface area contributed by atoms with E-state index in [0.29, 0.717) is 25.7 Å². The minimum absolute atomic E-state index is 0. The number of unbranched alkanes of at least 4 members (excludes halogenated alkanes) is 12. The number of ether oxygens (including phenoxy) is 1. The Balaban J connectivity index is 0. The maximum Gasteiger partial charge on any atom is 2.00 e. The van der Waals surface area contributed by atoms with Crippen molar-refractivity contribution < 1.29 is 32.4 Å². The summed E-state index contributed by atoms with van der Waals surface area (Å²) < 4.78 is 40.4. The molecule has 0 aromatic carbocycles. The number of carboxylic acids is 1. The smallest absolute Gasteiger partial charge is 0.748 e. The Kier molecular flexibility index (Phi) is 24.1. The zero-order chi connectivity index (χ0) is 24.2. The number of carbonyl (C=O) groups is 2. The van der Waals surface area contributed by atoms with Crippen molar-refractivity contribution >= 4 is 59.8 Å². The molecule has 0 fully saturated rings. The van der Waals surface area contributed by atoms with Crippen molar-refractivity contribution in [3.05, 3.63) is 0 Å². The molecule has 0 aliphatic carbocycles. The van der Waals surface area contributed by atoms with Gasteiger partial charge in [-0.3, -0.25) is 4.79 Å². The van der Waals surface area contributed by atoms with Crippen molar-refractivity contribution in [3.8, 4) is 0 Å². The van der Waals surface area contributed by atoms with Gasteiger partial charge >= 0.3 is 43.7 Å². The van der Waals surface area contributed by atoms with Crippen LogP contribution in [0.3, 0.4) is 0 Å². The third-order valence-electron chi connectivity index (χ3n) is 5.82. The van der Waals surface area contributed by atoms with Gasteiger partial charge < -0.3 is 19.2 Å². The minimum Gasteiger partial charge on any atom is -0.748 e. The van der Waals surface area contributed by atoms with E-state index in [1.165, 1.54) is 32.1 Å². The summed E-state index contributed by atoms with van der Waals surface area (Å²) in [6, 6.07) is 0. The molecule has 2 atom stereocenters. The van der Waals surface area contributed by atoms with Gasteiger partial charge in [-0.15, -0.1) is 0 Å². The quantitative estimate of drug-likeness (QED) is 0.0912. The first-order chi connectivity index (χ1) is 15.2. The molecule has 0 amide bonds. The van der Waals surface area contributed by atoms with Gasteiger partial charge in [-0.2, -0.15) is 0 Å². The van der Waals surface area contributed by atoms with E-state index in [1.54, 1.807) is 6.92 Å². The maximum absolute atomic E-state index is 12.3. The molecule has 0 aromatic heterocycles. The zero-order valence-electron chi connectivity index (χ0n) is 20.9. The fraction of sp³-hybridized carbons (Fsp3) is 0.917. The van der Waals surface area contributed by atoms with Crippen LogP contribution in [0.15, 0.2) is 0 Å². The molecule has 0 aliphatic heterocycles. The van der Waals surface area contributed by atoms with Crippen LogP contribution in [0.5, 0.6) is 0 Å². The van der Waals surface area contributed by atoms with Gasteiger partial charge in [0.15, 0.2) is 0 Å². The maximum atomic E-state index is 12.3. The molecule has 0 rings (SSSR count). The first-order valence-electron chi connectivity index (χ1n) is 12.6. The third kappa shape index (κ3) is 21.1. The normalized spacial score (nSPS) is 13.2. The number of esters is 1. The second-order valence-corrected chi connectivity index (χ2v) is 10.3. The Morgan fingerprint density at radius 2 is 1.21 bits per heavy atom. The van der Waals surface area contributed by atoms with Crippen LogP contribution < -0.4 is 5.11 Å². The van der Waals surface area contributed by atoms with Crippen LogP contribution in [0.4, 0.5) is 0 Å². The molecule has 2 unspecified atom stereocenters. The van der Waals surface area contributed by atoms with Crippen molar-refractivity contribution in [3.63, 3.8) is 0 Å². The Hall–Kier alpha value is 0.110. The van der Waals surface area contributed by atoms with Crippen LogP contribution in [-0.4, -0.2) is 74.0 Å². The van der Waals surface area contributed by atoms with Crippen LogP contribution >= 0.6 is 0 Å². The van der Waals surface area contributed by atoms with Gasteiger partial charge in [0, 0.05) is 12.4 Å². The SMILES string of the molecule is CCCCCCCCCCCC(=O)OC(CCCCCCCC(=O)[O-])C(CC)S(=O)(=O)[O-].[Ca+2]. The molecule has 33 heavy (non-hydrogen) atoms. The number of aliphatic carboxylic acids is 1.